The number of hydrogen-bond donors (Lipinski definition) is 1. The summed E-state index contributed by atoms with van der Waals surface area (Å²) in [5.41, 5.74) is 2.92. The van der Waals surface area contributed by atoms with Crippen LogP contribution in [-0.2, 0) is 6.54 Å². The summed E-state index contributed by atoms with van der Waals surface area (Å²) in [6, 6.07) is 13.6. The lowest BCUT2D eigenvalue weighted by molar-refractivity contribution is 0.0955. The second-order valence-electron chi connectivity index (χ2n) is 6.64. The molecule has 2 aromatic carbocycles. The SMILES string of the molecule is CCNC(=O)c1cccc(CN2CCN(c3cc(Cl)ccc3OC)CC2)c1. The monoisotopic (exact) mass is 387 g/mol. The Bertz CT molecular complexity index is 789. The predicted molar refractivity (Wildman–Crippen MR) is 110 cm³/mol. The third-order valence-corrected chi connectivity index (χ3v) is 5.02. The van der Waals surface area contributed by atoms with Crippen LogP contribution in [0, 0.1) is 0 Å². The molecular formula is C21H26ClN3O2. The van der Waals surface area contributed by atoms with E-state index < -0.39 is 0 Å². The fourth-order valence-electron chi connectivity index (χ4n) is 3.39. The molecule has 0 atom stereocenters. The molecule has 1 aliphatic rings. The Morgan fingerprint density at radius 1 is 1.15 bits per heavy atom. The Balaban J connectivity index is 1.61. The maximum Gasteiger partial charge on any atom is 0.251 e. The van der Waals surface area contributed by atoms with E-state index in [1.807, 2.05) is 43.3 Å². The van der Waals surface area contributed by atoms with Crippen molar-refractivity contribution >= 4 is 23.2 Å². The first-order valence-electron chi connectivity index (χ1n) is 9.28. The predicted octanol–water partition coefficient (Wildman–Crippen LogP) is 3.42. The van der Waals surface area contributed by atoms with Crippen molar-refractivity contribution in [2.45, 2.75) is 13.5 Å². The van der Waals surface area contributed by atoms with Crippen LogP contribution in [0.3, 0.4) is 0 Å². The highest BCUT2D eigenvalue weighted by Gasteiger charge is 2.20. The molecule has 0 spiro atoms. The number of amides is 1. The molecule has 1 N–H and O–H groups in total. The standard InChI is InChI=1S/C21H26ClN3O2/c1-3-23-21(26)17-6-4-5-16(13-17)15-24-9-11-25(12-10-24)19-14-18(22)7-8-20(19)27-2/h4-8,13-14H,3,9-12,15H2,1-2H3,(H,23,26). The fraction of sp³-hybridized carbons (Fsp3) is 0.381. The maximum atomic E-state index is 12.0. The zero-order valence-electron chi connectivity index (χ0n) is 15.9. The number of benzene rings is 2. The number of ether oxygens (including phenoxy) is 1. The minimum Gasteiger partial charge on any atom is -0.495 e. The lowest BCUT2D eigenvalue weighted by Gasteiger charge is -2.36. The first-order valence-corrected chi connectivity index (χ1v) is 9.66. The van der Waals surface area contributed by atoms with E-state index in [-0.39, 0.29) is 5.91 Å². The lowest BCUT2D eigenvalue weighted by atomic mass is 10.1. The average Bonchev–Trinajstić information content (AvgIpc) is 2.69. The van der Waals surface area contributed by atoms with Gasteiger partial charge in [0.25, 0.3) is 5.91 Å². The van der Waals surface area contributed by atoms with Gasteiger partial charge in [-0.1, -0.05) is 23.7 Å². The van der Waals surface area contributed by atoms with Crippen LogP contribution in [0.4, 0.5) is 5.69 Å². The van der Waals surface area contributed by atoms with Crippen molar-refractivity contribution in [1.82, 2.24) is 10.2 Å². The fourth-order valence-corrected chi connectivity index (χ4v) is 3.56. The summed E-state index contributed by atoms with van der Waals surface area (Å²) in [4.78, 5) is 16.7. The van der Waals surface area contributed by atoms with Gasteiger partial charge in [-0.15, -0.1) is 0 Å². The van der Waals surface area contributed by atoms with E-state index in [4.69, 9.17) is 16.3 Å². The molecule has 0 aromatic heterocycles. The molecule has 1 heterocycles. The van der Waals surface area contributed by atoms with Gasteiger partial charge in [0.2, 0.25) is 0 Å². The molecule has 0 saturated carbocycles. The number of hydrogen-bond acceptors (Lipinski definition) is 4. The molecule has 1 fully saturated rings. The van der Waals surface area contributed by atoms with Crippen molar-refractivity contribution in [3.8, 4) is 5.75 Å². The highest BCUT2D eigenvalue weighted by atomic mass is 35.5. The molecular weight excluding hydrogens is 362 g/mol. The van der Waals surface area contributed by atoms with E-state index in [0.29, 0.717) is 6.54 Å². The minimum absolute atomic E-state index is 0.0165. The average molecular weight is 388 g/mol. The molecule has 27 heavy (non-hydrogen) atoms. The Kier molecular flexibility index (Phi) is 6.58. The Morgan fingerprint density at radius 2 is 1.93 bits per heavy atom. The van der Waals surface area contributed by atoms with Crippen LogP contribution in [0.15, 0.2) is 42.5 Å². The van der Waals surface area contributed by atoms with E-state index in [0.717, 1.165) is 60.3 Å². The third kappa shape index (κ3) is 4.93. The number of piperazine rings is 1. The largest absolute Gasteiger partial charge is 0.495 e. The maximum absolute atomic E-state index is 12.0. The summed E-state index contributed by atoms with van der Waals surface area (Å²) >= 11 is 6.17. The zero-order valence-corrected chi connectivity index (χ0v) is 16.6. The molecule has 2 aromatic rings. The van der Waals surface area contributed by atoms with Crippen LogP contribution in [0.1, 0.15) is 22.8 Å². The van der Waals surface area contributed by atoms with Gasteiger partial charge in [0.1, 0.15) is 5.75 Å². The van der Waals surface area contributed by atoms with Gasteiger partial charge in [0.05, 0.1) is 12.8 Å². The minimum atomic E-state index is -0.0165. The number of halogens is 1. The van der Waals surface area contributed by atoms with E-state index in [1.54, 1.807) is 7.11 Å². The number of nitrogens with one attached hydrogen (secondary N) is 1. The van der Waals surface area contributed by atoms with Gasteiger partial charge in [0.15, 0.2) is 0 Å². The van der Waals surface area contributed by atoms with Crippen molar-refractivity contribution in [1.29, 1.82) is 0 Å². The molecule has 1 amide bonds. The first kappa shape index (κ1) is 19.5. The molecule has 5 nitrogen and oxygen atoms in total. The van der Waals surface area contributed by atoms with Gasteiger partial charge in [-0.3, -0.25) is 9.69 Å². The Morgan fingerprint density at radius 3 is 2.63 bits per heavy atom. The number of carbonyl (C=O) groups excluding carboxylic acids is 1. The van der Waals surface area contributed by atoms with Crippen LogP contribution in [-0.4, -0.2) is 50.6 Å². The molecule has 144 valence electrons. The first-order chi connectivity index (χ1) is 13.1. The highest BCUT2D eigenvalue weighted by molar-refractivity contribution is 6.30. The molecule has 3 rings (SSSR count). The second-order valence-corrected chi connectivity index (χ2v) is 7.08. The van der Waals surface area contributed by atoms with Crippen LogP contribution in [0.5, 0.6) is 5.75 Å². The molecule has 1 aliphatic heterocycles. The van der Waals surface area contributed by atoms with E-state index in [9.17, 15) is 4.79 Å². The normalized spacial score (nSPS) is 14.9. The van der Waals surface area contributed by atoms with Crippen LogP contribution in [0.25, 0.3) is 0 Å². The summed E-state index contributed by atoms with van der Waals surface area (Å²) in [5, 5.41) is 3.57. The molecule has 6 heteroatoms. The lowest BCUT2D eigenvalue weighted by Crippen LogP contribution is -2.46. The smallest absolute Gasteiger partial charge is 0.251 e. The Hall–Kier alpha value is -2.24. The molecule has 0 radical (unpaired) electrons. The summed E-state index contributed by atoms with van der Waals surface area (Å²) in [6.45, 7) is 7.11. The molecule has 0 unspecified atom stereocenters. The summed E-state index contributed by atoms with van der Waals surface area (Å²) in [6.07, 6.45) is 0. The van der Waals surface area contributed by atoms with Gasteiger partial charge >= 0.3 is 0 Å². The van der Waals surface area contributed by atoms with E-state index in [1.165, 1.54) is 0 Å². The topological polar surface area (TPSA) is 44.8 Å². The molecule has 0 bridgehead atoms. The van der Waals surface area contributed by atoms with E-state index in [2.05, 4.69) is 21.2 Å². The summed E-state index contributed by atoms with van der Waals surface area (Å²) in [7, 11) is 1.69. The Labute approximate surface area is 165 Å². The number of anilines is 1. The quantitative estimate of drug-likeness (QED) is 0.824. The van der Waals surface area contributed by atoms with Crippen LogP contribution in [0.2, 0.25) is 5.02 Å². The van der Waals surface area contributed by atoms with Gasteiger partial charge in [-0.05, 0) is 42.8 Å². The number of rotatable bonds is 6. The molecule has 0 aliphatic carbocycles. The second kappa shape index (κ2) is 9.11. The van der Waals surface area contributed by atoms with Crippen molar-refractivity contribution in [2.75, 3.05) is 44.7 Å². The van der Waals surface area contributed by atoms with Gasteiger partial charge < -0.3 is 15.0 Å². The number of methoxy groups -OCH3 is 1. The number of nitrogens with zero attached hydrogens (tertiary/aromatic N) is 2. The van der Waals surface area contributed by atoms with Crippen LogP contribution < -0.4 is 15.0 Å². The van der Waals surface area contributed by atoms with E-state index >= 15 is 0 Å². The van der Waals surface area contributed by atoms with Gasteiger partial charge in [-0.2, -0.15) is 0 Å². The van der Waals surface area contributed by atoms with Crippen LogP contribution >= 0.6 is 11.6 Å². The van der Waals surface area contributed by atoms with Gasteiger partial charge in [-0.25, -0.2) is 0 Å². The van der Waals surface area contributed by atoms with Crippen molar-refractivity contribution in [2.24, 2.45) is 0 Å². The summed E-state index contributed by atoms with van der Waals surface area (Å²) in [5.74, 6) is 0.833. The molecule has 1 saturated heterocycles. The van der Waals surface area contributed by atoms with Crippen molar-refractivity contribution in [3.63, 3.8) is 0 Å². The van der Waals surface area contributed by atoms with Gasteiger partial charge in [0, 0.05) is 49.9 Å². The van der Waals surface area contributed by atoms with Crippen molar-refractivity contribution < 1.29 is 9.53 Å². The highest BCUT2D eigenvalue weighted by Crippen LogP contribution is 2.32. The number of carbonyl (C=O) groups is 1. The van der Waals surface area contributed by atoms with Crippen molar-refractivity contribution in [3.05, 3.63) is 58.6 Å². The zero-order chi connectivity index (χ0) is 19.2. The third-order valence-electron chi connectivity index (χ3n) is 4.79. The summed E-state index contributed by atoms with van der Waals surface area (Å²) < 4.78 is 5.48.